The van der Waals surface area contributed by atoms with Gasteiger partial charge in [0.25, 0.3) is 0 Å². The van der Waals surface area contributed by atoms with E-state index in [1.54, 1.807) is 7.11 Å². The van der Waals surface area contributed by atoms with Crippen LogP contribution in [0.3, 0.4) is 0 Å². The van der Waals surface area contributed by atoms with Crippen molar-refractivity contribution in [1.82, 2.24) is 0 Å². The Morgan fingerprint density at radius 2 is 2.07 bits per heavy atom. The van der Waals surface area contributed by atoms with E-state index >= 15 is 0 Å². The molecule has 1 aliphatic rings. The number of hydrogen-bond donors (Lipinski definition) is 0. The van der Waals surface area contributed by atoms with Gasteiger partial charge >= 0.3 is 0 Å². The molecular weight excluding hydrogens is 214 g/mol. The van der Waals surface area contributed by atoms with Gasteiger partial charge in [-0.3, -0.25) is 0 Å². The number of nitrogens with zero attached hydrogens (tertiary/aromatic N) is 1. The first-order chi connectivity index (χ1) is 7.31. The molecular formula is C11H14ClNO2. The first-order valence-electron chi connectivity index (χ1n) is 4.97. The first kappa shape index (κ1) is 10.6. The van der Waals surface area contributed by atoms with Crippen LogP contribution in [-0.4, -0.2) is 33.4 Å². The van der Waals surface area contributed by atoms with Crippen LogP contribution >= 0.6 is 11.6 Å². The lowest BCUT2D eigenvalue weighted by atomic mass is 10.2. The van der Waals surface area contributed by atoms with Crippen molar-refractivity contribution in [2.45, 2.75) is 0 Å². The zero-order valence-corrected chi connectivity index (χ0v) is 9.46. The summed E-state index contributed by atoms with van der Waals surface area (Å²) < 4.78 is 10.4. The molecule has 15 heavy (non-hydrogen) atoms. The Bertz CT molecular complexity index is 337. The summed E-state index contributed by atoms with van der Waals surface area (Å²) in [6, 6.07) is 5.76. The molecule has 4 heteroatoms. The van der Waals surface area contributed by atoms with E-state index in [2.05, 4.69) is 4.90 Å². The Balaban J connectivity index is 2.19. The van der Waals surface area contributed by atoms with Crippen molar-refractivity contribution in [2.24, 2.45) is 0 Å². The standard InChI is InChI=1S/C11H14ClNO2/c1-14-9-2-3-11(10(12)8-9)13-4-6-15-7-5-13/h2-3,8H,4-7H2,1H3. The minimum atomic E-state index is 0.733. The monoisotopic (exact) mass is 227 g/mol. The average molecular weight is 228 g/mol. The fraction of sp³-hybridized carbons (Fsp3) is 0.455. The van der Waals surface area contributed by atoms with Crippen LogP contribution in [0, 0.1) is 0 Å². The van der Waals surface area contributed by atoms with Crippen molar-refractivity contribution in [1.29, 1.82) is 0 Å². The summed E-state index contributed by atoms with van der Waals surface area (Å²) in [5.41, 5.74) is 1.06. The number of anilines is 1. The van der Waals surface area contributed by atoms with Gasteiger partial charge in [0.1, 0.15) is 5.75 Å². The molecule has 1 saturated heterocycles. The van der Waals surface area contributed by atoms with Crippen molar-refractivity contribution >= 4 is 17.3 Å². The second-order valence-corrected chi connectivity index (χ2v) is 3.82. The van der Waals surface area contributed by atoms with Crippen LogP contribution in [0.4, 0.5) is 5.69 Å². The number of hydrogen-bond acceptors (Lipinski definition) is 3. The molecule has 1 aromatic carbocycles. The summed E-state index contributed by atoms with van der Waals surface area (Å²) in [5.74, 6) is 0.789. The Hall–Kier alpha value is -0.930. The summed E-state index contributed by atoms with van der Waals surface area (Å²) in [6.45, 7) is 3.32. The second-order valence-electron chi connectivity index (χ2n) is 3.42. The Labute approximate surface area is 94.5 Å². The molecule has 82 valence electrons. The third kappa shape index (κ3) is 2.36. The van der Waals surface area contributed by atoms with Gasteiger partial charge in [-0.1, -0.05) is 11.6 Å². The van der Waals surface area contributed by atoms with Gasteiger partial charge in [0.2, 0.25) is 0 Å². The van der Waals surface area contributed by atoms with Crippen LogP contribution in [0.15, 0.2) is 18.2 Å². The van der Waals surface area contributed by atoms with E-state index in [4.69, 9.17) is 21.1 Å². The molecule has 0 amide bonds. The molecule has 3 nitrogen and oxygen atoms in total. The van der Waals surface area contributed by atoms with E-state index in [1.807, 2.05) is 18.2 Å². The third-order valence-electron chi connectivity index (χ3n) is 2.51. The quantitative estimate of drug-likeness (QED) is 0.773. The molecule has 0 aromatic heterocycles. The van der Waals surface area contributed by atoms with Crippen molar-refractivity contribution in [3.63, 3.8) is 0 Å². The van der Waals surface area contributed by atoms with Gasteiger partial charge in [-0.05, 0) is 12.1 Å². The van der Waals surface area contributed by atoms with Crippen LogP contribution in [0.1, 0.15) is 0 Å². The number of rotatable bonds is 2. The lowest BCUT2D eigenvalue weighted by Gasteiger charge is -2.29. The maximum Gasteiger partial charge on any atom is 0.120 e. The van der Waals surface area contributed by atoms with E-state index in [-0.39, 0.29) is 0 Å². The van der Waals surface area contributed by atoms with Crippen LogP contribution < -0.4 is 9.64 Å². The summed E-state index contributed by atoms with van der Waals surface area (Å²) in [4.78, 5) is 2.23. The molecule has 1 heterocycles. The Kier molecular flexibility index (Phi) is 3.34. The second kappa shape index (κ2) is 4.73. The zero-order chi connectivity index (χ0) is 10.7. The first-order valence-corrected chi connectivity index (χ1v) is 5.35. The summed E-state index contributed by atoms with van der Waals surface area (Å²) in [5, 5.41) is 0.733. The molecule has 0 atom stereocenters. The molecule has 0 radical (unpaired) electrons. The molecule has 1 fully saturated rings. The lowest BCUT2D eigenvalue weighted by Crippen LogP contribution is -2.36. The maximum atomic E-state index is 6.18. The maximum absolute atomic E-state index is 6.18. The number of halogens is 1. The molecule has 0 N–H and O–H groups in total. The highest BCUT2D eigenvalue weighted by molar-refractivity contribution is 6.33. The van der Waals surface area contributed by atoms with E-state index in [0.717, 1.165) is 42.8 Å². The smallest absolute Gasteiger partial charge is 0.120 e. The molecule has 0 spiro atoms. The summed E-state index contributed by atoms with van der Waals surface area (Å²) >= 11 is 6.18. The van der Waals surface area contributed by atoms with Gasteiger partial charge in [-0.15, -0.1) is 0 Å². The van der Waals surface area contributed by atoms with Gasteiger partial charge in [-0.25, -0.2) is 0 Å². The normalized spacial score (nSPS) is 16.5. The van der Waals surface area contributed by atoms with Crippen molar-refractivity contribution in [3.05, 3.63) is 23.2 Å². The molecule has 1 aromatic rings. The van der Waals surface area contributed by atoms with E-state index in [1.165, 1.54) is 0 Å². The molecule has 1 aliphatic heterocycles. The number of ether oxygens (including phenoxy) is 2. The van der Waals surface area contributed by atoms with Gasteiger partial charge in [-0.2, -0.15) is 0 Å². The third-order valence-corrected chi connectivity index (χ3v) is 2.81. The Morgan fingerprint density at radius 1 is 1.33 bits per heavy atom. The molecule has 0 bridgehead atoms. The summed E-state index contributed by atoms with van der Waals surface area (Å²) in [6.07, 6.45) is 0. The molecule has 0 aliphatic carbocycles. The van der Waals surface area contributed by atoms with Gasteiger partial charge in [0.15, 0.2) is 0 Å². The van der Waals surface area contributed by atoms with Crippen LogP contribution in [0.25, 0.3) is 0 Å². The van der Waals surface area contributed by atoms with E-state index < -0.39 is 0 Å². The van der Waals surface area contributed by atoms with Crippen molar-refractivity contribution < 1.29 is 9.47 Å². The topological polar surface area (TPSA) is 21.7 Å². The summed E-state index contributed by atoms with van der Waals surface area (Å²) in [7, 11) is 1.64. The zero-order valence-electron chi connectivity index (χ0n) is 8.70. The average Bonchev–Trinajstić information content (AvgIpc) is 2.30. The lowest BCUT2D eigenvalue weighted by molar-refractivity contribution is 0.122. The minimum Gasteiger partial charge on any atom is -0.497 e. The SMILES string of the molecule is COc1ccc(N2CCOCC2)c(Cl)c1. The van der Waals surface area contributed by atoms with E-state index in [9.17, 15) is 0 Å². The largest absolute Gasteiger partial charge is 0.497 e. The number of morpholine rings is 1. The fourth-order valence-corrected chi connectivity index (χ4v) is 1.97. The molecule has 2 rings (SSSR count). The number of methoxy groups -OCH3 is 1. The van der Waals surface area contributed by atoms with Crippen LogP contribution in [0.2, 0.25) is 5.02 Å². The minimum absolute atomic E-state index is 0.733. The van der Waals surface area contributed by atoms with Crippen molar-refractivity contribution in [2.75, 3.05) is 38.3 Å². The number of benzene rings is 1. The Morgan fingerprint density at radius 3 is 2.67 bits per heavy atom. The highest BCUT2D eigenvalue weighted by atomic mass is 35.5. The van der Waals surface area contributed by atoms with Gasteiger partial charge in [0, 0.05) is 19.2 Å². The van der Waals surface area contributed by atoms with Crippen LogP contribution in [0.5, 0.6) is 5.75 Å². The molecule has 0 unspecified atom stereocenters. The van der Waals surface area contributed by atoms with Gasteiger partial charge < -0.3 is 14.4 Å². The van der Waals surface area contributed by atoms with Crippen LogP contribution in [-0.2, 0) is 4.74 Å². The molecule has 0 saturated carbocycles. The van der Waals surface area contributed by atoms with Gasteiger partial charge in [0.05, 0.1) is 31.0 Å². The predicted molar refractivity (Wildman–Crippen MR) is 61.0 cm³/mol. The fourth-order valence-electron chi connectivity index (χ4n) is 1.68. The highest BCUT2D eigenvalue weighted by Gasteiger charge is 2.14. The van der Waals surface area contributed by atoms with Crippen molar-refractivity contribution in [3.8, 4) is 5.75 Å². The van der Waals surface area contributed by atoms with E-state index in [0.29, 0.717) is 0 Å². The highest BCUT2D eigenvalue weighted by Crippen LogP contribution is 2.30. The predicted octanol–water partition coefficient (Wildman–Crippen LogP) is 2.19.